The summed E-state index contributed by atoms with van der Waals surface area (Å²) in [6.07, 6.45) is 1.82. The third-order valence-corrected chi connectivity index (χ3v) is 2.60. The van der Waals surface area contributed by atoms with Crippen molar-refractivity contribution in [2.24, 2.45) is 5.73 Å². The predicted molar refractivity (Wildman–Crippen MR) is 57.6 cm³/mol. The highest BCUT2D eigenvalue weighted by Crippen LogP contribution is 2.12. The van der Waals surface area contributed by atoms with E-state index in [9.17, 15) is 0 Å². The Balaban J connectivity index is 3.07. The van der Waals surface area contributed by atoms with E-state index >= 15 is 0 Å². The van der Waals surface area contributed by atoms with E-state index in [0.29, 0.717) is 6.54 Å². The summed E-state index contributed by atoms with van der Waals surface area (Å²) in [5, 5.41) is 0. The van der Waals surface area contributed by atoms with E-state index in [1.807, 2.05) is 6.20 Å². The maximum Gasteiger partial charge on any atom is 0.0673 e. The minimum absolute atomic E-state index is 0.523. The van der Waals surface area contributed by atoms with E-state index in [-0.39, 0.29) is 0 Å². The van der Waals surface area contributed by atoms with Crippen LogP contribution in [-0.4, -0.2) is 4.98 Å². The summed E-state index contributed by atoms with van der Waals surface area (Å²) in [6, 6.07) is 2.07. The summed E-state index contributed by atoms with van der Waals surface area (Å²) in [5.74, 6) is 0. The van der Waals surface area contributed by atoms with Gasteiger partial charge in [-0.05, 0) is 51.2 Å². The average molecular weight is 360 g/mol. The Hall–Kier alpha value is 0.570. The molecule has 0 aliphatic heterocycles. The van der Waals surface area contributed by atoms with Gasteiger partial charge in [-0.2, -0.15) is 0 Å². The van der Waals surface area contributed by atoms with Crippen molar-refractivity contribution in [2.45, 2.75) is 6.54 Å². The van der Waals surface area contributed by atoms with Crippen LogP contribution < -0.4 is 5.73 Å². The minimum Gasteiger partial charge on any atom is -0.325 e. The van der Waals surface area contributed by atoms with Gasteiger partial charge in [0.1, 0.15) is 0 Å². The van der Waals surface area contributed by atoms with Gasteiger partial charge in [0.05, 0.1) is 5.69 Å². The zero-order valence-electron chi connectivity index (χ0n) is 5.14. The lowest BCUT2D eigenvalue weighted by Gasteiger charge is -1.98. The lowest BCUT2D eigenvalue weighted by Crippen LogP contribution is -2.02. The molecule has 1 heterocycles. The quantitative estimate of drug-likeness (QED) is 0.776. The molecule has 0 atom stereocenters. The van der Waals surface area contributed by atoms with Gasteiger partial charge in [-0.1, -0.05) is 0 Å². The Kier molecular flexibility index (Phi) is 3.31. The van der Waals surface area contributed by atoms with Gasteiger partial charge in [0.2, 0.25) is 0 Å². The van der Waals surface area contributed by atoms with Crippen LogP contribution in [0.1, 0.15) is 5.69 Å². The molecule has 2 nitrogen and oxygen atoms in total. The Morgan fingerprint density at radius 2 is 2.20 bits per heavy atom. The molecule has 0 saturated carbocycles. The van der Waals surface area contributed by atoms with Crippen LogP contribution in [0.3, 0.4) is 0 Å². The van der Waals surface area contributed by atoms with Crippen molar-refractivity contribution in [1.29, 1.82) is 0 Å². The average Bonchev–Trinajstić information content (AvgIpc) is 1.88. The van der Waals surface area contributed by atoms with E-state index in [1.165, 1.54) is 0 Å². The van der Waals surface area contributed by atoms with Gasteiger partial charge in [0, 0.05) is 19.9 Å². The van der Waals surface area contributed by atoms with Gasteiger partial charge in [0.25, 0.3) is 0 Å². The molecule has 0 aliphatic carbocycles. The first-order chi connectivity index (χ1) is 4.74. The number of aromatic nitrogens is 1. The van der Waals surface area contributed by atoms with E-state index in [0.717, 1.165) is 12.8 Å². The van der Waals surface area contributed by atoms with Crippen molar-refractivity contribution in [3.8, 4) is 0 Å². The number of halogens is 2. The maximum atomic E-state index is 5.43. The number of nitrogens with two attached hydrogens (primary N) is 1. The number of hydrogen-bond donors (Lipinski definition) is 1. The fraction of sp³-hybridized carbons (Fsp3) is 0.167. The zero-order valence-corrected chi connectivity index (χ0v) is 9.46. The summed E-state index contributed by atoms with van der Waals surface area (Å²) in [4.78, 5) is 4.16. The molecule has 0 unspecified atom stereocenters. The molecule has 0 amide bonds. The molecule has 2 N–H and O–H groups in total. The maximum absolute atomic E-state index is 5.43. The Bertz CT molecular complexity index is 237. The molecule has 0 radical (unpaired) electrons. The third kappa shape index (κ3) is 2.03. The summed E-state index contributed by atoms with van der Waals surface area (Å²) in [7, 11) is 0. The molecular formula is C6H6I2N2. The minimum atomic E-state index is 0.523. The number of nitrogens with zero attached hydrogens (tertiary/aromatic N) is 1. The topological polar surface area (TPSA) is 38.9 Å². The molecule has 0 bridgehead atoms. The Labute approximate surface area is 86.9 Å². The fourth-order valence-corrected chi connectivity index (χ4v) is 2.33. The summed E-state index contributed by atoms with van der Waals surface area (Å²) < 4.78 is 2.30. The molecule has 0 saturated heterocycles. The molecular weight excluding hydrogens is 354 g/mol. The summed E-state index contributed by atoms with van der Waals surface area (Å²) in [5.41, 5.74) is 6.40. The lowest BCUT2D eigenvalue weighted by molar-refractivity contribution is 0.975. The largest absolute Gasteiger partial charge is 0.325 e. The molecule has 1 aromatic rings. The zero-order chi connectivity index (χ0) is 7.56. The normalized spacial score (nSPS) is 9.90. The number of pyridine rings is 1. The first-order valence-electron chi connectivity index (χ1n) is 2.74. The van der Waals surface area contributed by atoms with Crippen LogP contribution in [0.25, 0.3) is 0 Å². The first-order valence-corrected chi connectivity index (χ1v) is 4.90. The highest BCUT2D eigenvalue weighted by Gasteiger charge is 1.97. The van der Waals surface area contributed by atoms with Crippen LogP contribution in [0.15, 0.2) is 12.3 Å². The van der Waals surface area contributed by atoms with Crippen molar-refractivity contribution >= 4 is 45.2 Å². The summed E-state index contributed by atoms with van der Waals surface area (Å²) in [6.45, 7) is 0.523. The van der Waals surface area contributed by atoms with Crippen LogP contribution in [0, 0.1) is 7.14 Å². The van der Waals surface area contributed by atoms with Gasteiger partial charge < -0.3 is 5.73 Å². The molecule has 0 fully saturated rings. The highest BCUT2D eigenvalue weighted by atomic mass is 127. The summed E-state index contributed by atoms with van der Waals surface area (Å²) >= 11 is 4.47. The van der Waals surface area contributed by atoms with Crippen molar-refractivity contribution in [1.82, 2.24) is 4.98 Å². The second-order valence-electron chi connectivity index (χ2n) is 1.79. The smallest absolute Gasteiger partial charge is 0.0673 e. The van der Waals surface area contributed by atoms with E-state index < -0.39 is 0 Å². The number of hydrogen-bond acceptors (Lipinski definition) is 2. The van der Waals surface area contributed by atoms with Gasteiger partial charge in [-0.15, -0.1) is 0 Å². The SMILES string of the molecule is NCc1ncc(I)cc1I. The van der Waals surface area contributed by atoms with Gasteiger partial charge in [0.15, 0.2) is 0 Å². The Morgan fingerprint density at radius 1 is 1.50 bits per heavy atom. The standard InChI is InChI=1S/C6H6I2N2/c7-4-1-5(8)6(2-9)10-3-4/h1,3H,2,9H2. The van der Waals surface area contributed by atoms with E-state index in [4.69, 9.17) is 5.73 Å². The van der Waals surface area contributed by atoms with Crippen LogP contribution in [0.2, 0.25) is 0 Å². The van der Waals surface area contributed by atoms with Gasteiger partial charge in [-0.25, -0.2) is 0 Å². The second kappa shape index (κ2) is 3.82. The lowest BCUT2D eigenvalue weighted by atomic mass is 10.4. The molecule has 1 aromatic heterocycles. The van der Waals surface area contributed by atoms with Gasteiger partial charge in [-0.3, -0.25) is 4.98 Å². The monoisotopic (exact) mass is 360 g/mol. The van der Waals surface area contributed by atoms with E-state index in [1.54, 1.807) is 0 Å². The predicted octanol–water partition coefficient (Wildman–Crippen LogP) is 1.75. The fourth-order valence-electron chi connectivity index (χ4n) is 0.593. The molecule has 4 heteroatoms. The highest BCUT2D eigenvalue weighted by molar-refractivity contribution is 14.1. The van der Waals surface area contributed by atoms with Crippen molar-refractivity contribution in [3.05, 3.63) is 25.1 Å². The third-order valence-electron chi connectivity index (χ3n) is 1.08. The molecule has 1 rings (SSSR count). The Morgan fingerprint density at radius 3 is 2.70 bits per heavy atom. The van der Waals surface area contributed by atoms with Crippen LogP contribution >= 0.6 is 45.2 Å². The van der Waals surface area contributed by atoms with E-state index in [2.05, 4.69) is 56.2 Å². The first kappa shape index (κ1) is 8.66. The molecule has 0 spiro atoms. The molecule has 10 heavy (non-hydrogen) atoms. The number of rotatable bonds is 1. The molecule has 0 aromatic carbocycles. The van der Waals surface area contributed by atoms with Crippen molar-refractivity contribution < 1.29 is 0 Å². The van der Waals surface area contributed by atoms with Crippen molar-refractivity contribution in [3.63, 3.8) is 0 Å². The van der Waals surface area contributed by atoms with Crippen LogP contribution in [0.5, 0.6) is 0 Å². The van der Waals surface area contributed by atoms with Crippen LogP contribution in [0.4, 0.5) is 0 Å². The van der Waals surface area contributed by atoms with Gasteiger partial charge >= 0.3 is 0 Å². The second-order valence-corrected chi connectivity index (χ2v) is 4.19. The van der Waals surface area contributed by atoms with Crippen molar-refractivity contribution in [2.75, 3.05) is 0 Å². The molecule has 54 valence electrons. The molecule has 0 aliphatic rings. The van der Waals surface area contributed by atoms with Crippen LogP contribution in [-0.2, 0) is 6.54 Å².